The fraction of sp³-hybridized carbons (Fsp3) is 0.647. The number of aromatic amines is 1. The molecule has 0 bridgehead atoms. The molecule has 1 aliphatic heterocycles. The summed E-state index contributed by atoms with van der Waals surface area (Å²) in [5.41, 5.74) is 0.892. The van der Waals surface area contributed by atoms with Crippen LogP contribution in [0.2, 0.25) is 0 Å². The Balaban J connectivity index is 1.58. The zero-order chi connectivity index (χ0) is 20.7. The van der Waals surface area contributed by atoms with E-state index < -0.39 is 31.1 Å². The molecule has 13 nitrogen and oxygen atoms in total. The average molecular weight is 417 g/mol. The fourth-order valence-electron chi connectivity index (χ4n) is 4.11. The SMILES string of the molecule is OC[C@H]1O[C@@H](n2cnc3c(NC4CCCCC4)nc(-c4nn[nH]n4)nc32)[C@H](O)[C@@H]1O. The van der Waals surface area contributed by atoms with E-state index in [9.17, 15) is 15.3 Å². The lowest BCUT2D eigenvalue weighted by atomic mass is 9.95. The molecule has 5 rings (SSSR count). The van der Waals surface area contributed by atoms with Crippen LogP contribution in [0.15, 0.2) is 6.33 Å². The molecular weight excluding hydrogens is 394 g/mol. The van der Waals surface area contributed by atoms with Crippen molar-refractivity contribution >= 4 is 17.0 Å². The van der Waals surface area contributed by atoms with Gasteiger partial charge in [-0.25, -0.2) is 15.0 Å². The predicted octanol–water partition coefficient (Wildman–Crippen LogP) is -0.637. The summed E-state index contributed by atoms with van der Waals surface area (Å²) in [5, 5.41) is 47.3. The van der Waals surface area contributed by atoms with Gasteiger partial charge < -0.3 is 25.4 Å². The highest BCUT2D eigenvalue weighted by Crippen LogP contribution is 2.33. The molecule has 3 aromatic heterocycles. The van der Waals surface area contributed by atoms with Crippen molar-refractivity contribution in [3.63, 3.8) is 0 Å². The number of ether oxygens (including phenoxy) is 1. The Morgan fingerprint density at radius 3 is 2.67 bits per heavy atom. The largest absolute Gasteiger partial charge is 0.394 e. The molecule has 5 N–H and O–H groups in total. The van der Waals surface area contributed by atoms with Gasteiger partial charge in [-0.1, -0.05) is 19.3 Å². The molecule has 2 fully saturated rings. The Bertz CT molecular complexity index is 1000. The number of anilines is 1. The van der Waals surface area contributed by atoms with Crippen LogP contribution in [0.4, 0.5) is 5.82 Å². The van der Waals surface area contributed by atoms with Crippen molar-refractivity contribution in [1.29, 1.82) is 0 Å². The molecule has 0 aromatic carbocycles. The minimum absolute atomic E-state index is 0.220. The molecular formula is C17H23N9O4. The number of imidazole rings is 1. The number of H-pyrrole nitrogens is 1. The molecule has 4 atom stereocenters. The summed E-state index contributed by atoms with van der Waals surface area (Å²) in [4.78, 5) is 13.5. The average Bonchev–Trinajstić information content (AvgIpc) is 3.50. The number of nitrogens with one attached hydrogen (secondary N) is 2. The first kappa shape index (κ1) is 19.2. The predicted molar refractivity (Wildman–Crippen MR) is 102 cm³/mol. The van der Waals surface area contributed by atoms with E-state index >= 15 is 0 Å². The second-order valence-electron chi connectivity index (χ2n) is 7.66. The highest BCUT2D eigenvalue weighted by Gasteiger charge is 2.44. The van der Waals surface area contributed by atoms with Gasteiger partial charge in [-0.05, 0) is 18.1 Å². The van der Waals surface area contributed by atoms with Crippen molar-refractivity contribution in [3.05, 3.63) is 6.33 Å². The summed E-state index contributed by atoms with van der Waals surface area (Å²) in [7, 11) is 0. The van der Waals surface area contributed by atoms with Crippen LogP contribution in [0.5, 0.6) is 0 Å². The molecule has 0 spiro atoms. The van der Waals surface area contributed by atoms with Gasteiger partial charge in [-0.3, -0.25) is 4.57 Å². The molecule has 3 aromatic rings. The molecule has 160 valence electrons. The zero-order valence-electron chi connectivity index (χ0n) is 16.1. The second kappa shape index (κ2) is 7.83. The first-order chi connectivity index (χ1) is 14.7. The number of aliphatic hydroxyl groups excluding tert-OH is 3. The van der Waals surface area contributed by atoms with Crippen LogP contribution in [-0.2, 0) is 4.74 Å². The maximum atomic E-state index is 10.4. The molecule has 0 unspecified atom stereocenters. The first-order valence-electron chi connectivity index (χ1n) is 10.0. The van der Waals surface area contributed by atoms with Gasteiger partial charge in [-0.15, -0.1) is 10.2 Å². The number of hydrogen-bond donors (Lipinski definition) is 5. The number of tetrazole rings is 1. The van der Waals surface area contributed by atoms with Crippen LogP contribution in [0.1, 0.15) is 38.3 Å². The van der Waals surface area contributed by atoms with Crippen LogP contribution < -0.4 is 5.32 Å². The normalized spacial score (nSPS) is 27.7. The molecule has 1 saturated heterocycles. The van der Waals surface area contributed by atoms with Gasteiger partial charge in [0.05, 0.1) is 12.9 Å². The van der Waals surface area contributed by atoms with Gasteiger partial charge >= 0.3 is 0 Å². The van der Waals surface area contributed by atoms with Crippen LogP contribution in [0.25, 0.3) is 22.8 Å². The Hall–Kier alpha value is -2.74. The van der Waals surface area contributed by atoms with E-state index in [4.69, 9.17) is 4.74 Å². The van der Waals surface area contributed by atoms with Gasteiger partial charge in [0.1, 0.15) is 18.3 Å². The molecule has 30 heavy (non-hydrogen) atoms. The second-order valence-corrected chi connectivity index (χ2v) is 7.66. The molecule has 1 aliphatic carbocycles. The fourth-order valence-corrected chi connectivity index (χ4v) is 4.11. The maximum absolute atomic E-state index is 10.4. The number of aliphatic hydroxyl groups is 3. The van der Waals surface area contributed by atoms with E-state index in [0.29, 0.717) is 17.0 Å². The monoisotopic (exact) mass is 417 g/mol. The van der Waals surface area contributed by atoms with Crippen LogP contribution in [-0.4, -0.2) is 86.4 Å². The standard InChI is InChI=1S/C17H23N9O4/c27-6-9-11(28)12(29)17(30-9)26-7-18-10-13(19-8-4-2-1-3-5-8)20-14(21-16(10)26)15-22-24-25-23-15/h7-9,11-12,17,27-29H,1-6H2,(H,19,20,21)(H,22,23,24,25)/t9-,11-,12-,17-/m1/s1. The number of hydrogen-bond acceptors (Lipinski definition) is 11. The van der Waals surface area contributed by atoms with E-state index in [1.165, 1.54) is 17.3 Å². The van der Waals surface area contributed by atoms with Gasteiger partial charge in [0.2, 0.25) is 11.6 Å². The lowest BCUT2D eigenvalue weighted by Crippen LogP contribution is -2.33. The zero-order valence-corrected chi connectivity index (χ0v) is 16.1. The third-order valence-corrected chi connectivity index (χ3v) is 5.70. The summed E-state index contributed by atoms with van der Waals surface area (Å²) < 4.78 is 7.17. The topological polar surface area (TPSA) is 180 Å². The molecule has 13 heteroatoms. The summed E-state index contributed by atoms with van der Waals surface area (Å²) in [6.45, 7) is -0.418. The van der Waals surface area contributed by atoms with Crippen molar-refractivity contribution in [3.8, 4) is 11.6 Å². The van der Waals surface area contributed by atoms with Crippen LogP contribution >= 0.6 is 0 Å². The quantitative estimate of drug-likeness (QED) is 0.356. The smallest absolute Gasteiger partial charge is 0.241 e. The molecule has 4 heterocycles. The minimum Gasteiger partial charge on any atom is -0.394 e. The van der Waals surface area contributed by atoms with Crippen molar-refractivity contribution in [2.45, 2.75) is 62.7 Å². The summed E-state index contributed by atoms with van der Waals surface area (Å²) in [5.74, 6) is 0.998. The van der Waals surface area contributed by atoms with Crippen molar-refractivity contribution < 1.29 is 20.1 Å². The highest BCUT2D eigenvalue weighted by molar-refractivity contribution is 5.84. The highest BCUT2D eigenvalue weighted by atomic mass is 16.6. The lowest BCUT2D eigenvalue weighted by molar-refractivity contribution is -0.0511. The molecule has 0 amide bonds. The third kappa shape index (κ3) is 3.29. The van der Waals surface area contributed by atoms with E-state index in [2.05, 4.69) is 40.9 Å². The number of aromatic nitrogens is 8. The van der Waals surface area contributed by atoms with Crippen LogP contribution in [0.3, 0.4) is 0 Å². The van der Waals surface area contributed by atoms with Crippen molar-refractivity contribution in [2.75, 3.05) is 11.9 Å². The van der Waals surface area contributed by atoms with Gasteiger partial charge in [-0.2, -0.15) is 5.21 Å². The molecule has 0 radical (unpaired) electrons. The van der Waals surface area contributed by atoms with E-state index in [-0.39, 0.29) is 17.7 Å². The summed E-state index contributed by atoms with van der Waals surface area (Å²) in [6.07, 6.45) is 2.75. The van der Waals surface area contributed by atoms with E-state index in [0.717, 1.165) is 25.7 Å². The maximum Gasteiger partial charge on any atom is 0.241 e. The number of rotatable bonds is 5. The Labute approximate surface area is 170 Å². The van der Waals surface area contributed by atoms with Crippen LogP contribution in [0, 0.1) is 0 Å². The van der Waals surface area contributed by atoms with Gasteiger partial charge in [0.25, 0.3) is 0 Å². The van der Waals surface area contributed by atoms with Gasteiger partial charge in [0.15, 0.2) is 23.2 Å². The van der Waals surface area contributed by atoms with E-state index in [1.54, 1.807) is 0 Å². The first-order valence-corrected chi connectivity index (χ1v) is 10.0. The Morgan fingerprint density at radius 1 is 1.13 bits per heavy atom. The molecule has 1 saturated carbocycles. The number of fused-ring (bicyclic) bond motifs is 1. The third-order valence-electron chi connectivity index (χ3n) is 5.70. The lowest BCUT2D eigenvalue weighted by Gasteiger charge is -2.23. The minimum atomic E-state index is -1.25. The van der Waals surface area contributed by atoms with Crippen molar-refractivity contribution in [1.82, 2.24) is 40.1 Å². The summed E-state index contributed by atoms with van der Waals surface area (Å²) >= 11 is 0. The Kier molecular flexibility index (Phi) is 5.02. The number of nitrogens with zero attached hydrogens (tertiary/aromatic N) is 7. The Morgan fingerprint density at radius 2 is 1.97 bits per heavy atom. The van der Waals surface area contributed by atoms with E-state index in [1.807, 2.05) is 0 Å². The van der Waals surface area contributed by atoms with Gasteiger partial charge in [0, 0.05) is 6.04 Å². The van der Waals surface area contributed by atoms with Crippen molar-refractivity contribution in [2.24, 2.45) is 0 Å². The molecule has 2 aliphatic rings. The summed E-state index contributed by atoms with van der Waals surface area (Å²) in [6, 6.07) is 0.272.